The molecule has 0 atom stereocenters. The summed E-state index contributed by atoms with van der Waals surface area (Å²) >= 11 is 1.51. The number of hydrogen-bond acceptors (Lipinski definition) is 6. The molecule has 2 N–H and O–H groups in total. The molecule has 0 aliphatic carbocycles. The van der Waals surface area contributed by atoms with Crippen molar-refractivity contribution in [2.24, 2.45) is 0 Å². The molecule has 0 aliphatic heterocycles. The van der Waals surface area contributed by atoms with Crippen molar-refractivity contribution in [3.05, 3.63) is 34.3 Å². The van der Waals surface area contributed by atoms with Gasteiger partial charge in [0.15, 0.2) is 5.69 Å². The average Bonchev–Trinajstić information content (AvgIpc) is 2.98. The van der Waals surface area contributed by atoms with Crippen LogP contribution in [0.25, 0.3) is 0 Å². The van der Waals surface area contributed by atoms with Gasteiger partial charge in [-0.05, 0) is 6.92 Å². The second-order valence-corrected chi connectivity index (χ2v) is 5.76. The van der Waals surface area contributed by atoms with Gasteiger partial charge < -0.3 is 10.6 Å². The van der Waals surface area contributed by atoms with Gasteiger partial charge in [-0.3, -0.25) is 4.79 Å². The molecule has 0 radical (unpaired) electrons. The summed E-state index contributed by atoms with van der Waals surface area (Å²) in [6, 6.07) is 0. The van der Waals surface area contributed by atoms with Crippen molar-refractivity contribution in [1.29, 1.82) is 0 Å². The zero-order valence-electron chi connectivity index (χ0n) is 12.4. The van der Waals surface area contributed by atoms with E-state index in [2.05, 4.69) is 25.6 Å². The Kier molecular flexibility index (Phi) is 5.21. The molecule has 0 unspecified atom stereocenters. The van der Waals surface area contributed by atoms with Gasteiger partial charge in [-0.15, -0.1) is 11.3 Å². The van der Waals surface area contributed by atoms with Crippen LogP contribution in [-0.2, 0) is 6.54 Å². The van der Waals surface area contributed by atoms with E-state index in [0.717, 1.165) is 5.01 Å². The fourth-order valence-electron chi connectivity index (χ4n) is 1.75. The number of thiazole rings is 1. The molecule has 0 aliphatic rings. The highest BCUT2D eigenvalue weighted by atomic mass is 32.1. The molecule has 112 valence electrons. The van der Waals surface area contributed by atoms with Crippen LogP contribution >= 0.6 is 11.3 Å². The van der Waals surface area contributed by atoms with Gasteiger partial charge in [0, 0.05) is 24.0 Å². The molecule has 7 heteroatoms. The van der Waals surface area contributed by atoms with Gasteiger partial charge in [0.1, 0.15) is 10.8 Å². The summed E-state index contributed by atoms with van der Waals surface area (Å²) in [6.07, 6.45) is 3.39. The second-order valence-electron chi connectivity index (χ2n) is 4.78. The molecule has 2 aromatic rings. The number of hydrogen-bond donors (Lipinski definition) is 2. The summed E-state index contributed by atoms with van der Waals surface area (Å²) in [5.74, 6) is 0.618. The Hall–Kier alpha value is -2.02. The van der Waals surface area contributed by atoms with Gasteiger partial charge >= 0.3 is 0 Å². The SMILES string of the molecule is CCNc1cnc(C(C)C)nc1C(=O)NCc1nccs1. The minimum absolute atomic E-state index is 0.172. The molecule has 0 saturated carbocycles. The first kappa shape index (κ1) is 15.4. The largest absolute Gasteiger partial charge is 0.382 e. The smallest absolute Gasteiger partial charge is 0.272 e. The second kappa shape index (κ2) is 7.12. The minimum Gasteiger partial charge on any atom is -0.382 e. The maximum Gasteiger partial charge on any atom is 0.272 e. The number of aromatic nitrogens is 3. The number of nitrogens with zero attached hydrogens (tertiary/aromatic N) is 3. The Labute approximate surface area is 128 Å². The van der Waals surface area contributed by atoms with Crippen LogP contribution in [0, 0.1) is 0 Å². The van der Waals surface area contributed by atoms with E-state index in [4.69, 9.17) is 0 Å². The number of amides is 1. The van der Waals surface area contributed by atoms with Crippen molar-refractivity contribution in [3.63, 3.8) is 0 Å². The van der Waals surface area contributed by atoms with E-state index in [9.17, 15) is 4.79 Å². The Morgan fingerprint density at radius 2 is 2.19 bits per heavy atom. The number of rotatable bonds is 6. The maximum absolute atomic E-state index is 12.3. The van der Waals surface area contributed by atoms with Crippen molar-refractivity contribution in [3.8, 4) is 0 Å². The van der Waals surface area contributed by atoms with E-state index in [1.807, 2.05) is 26.2 Å². The number of carbonyl (C=O) groups excluding carboxylic acids is 1. The zero-order chi connectivity index (χ0) is 15.2. The lowest BCUT2D eigenvalue weighted by molar-refractivity contribution is 0.0946. The number of anilines is 1. The fraction of sp³-hybridized carbons (Fsp3) is 0.429. The standard InChI is InChI=1S/C14H19N5OS/c1-4-15-10-7-17-13(9(2)3)19-12(10)14(20)18-8-11-16-5-6-21-11/h5-7,9,15H,4,8H2,1-3H3,(H,18,20). The van der Waals surface area contributed by atoms with Crippen LogP contribution in [0.4, 0.5) is 5.69 Å². The molecule has 2 heterocycles. The lowest BCUT2D eigenvalue weighted by Crippen LogP contribution is -2.26. The Morgan fingerprint density at radius 1 is 1.38 bits per heavy atom. The molecular formula is C14H19N5OS. The zero-order valence-corrected chi connectivity index (χ0v) is 13.2. The van der Waals surface area contributed by atoms with Crippen LogP contribution in [0.2, 0.25) is 0 Å². The van der Waals surface area contributed by atoms with Gasteiger partial charge in [-0.2, -0.15) is 0 Å². The highest BCUT2D eigenvalue weighted by molar-refractivity contribution is 7.09. The first-order valence-corrected chi connectivity index (χ1v) is 7.77. The molecule has 0 saturated heterocycles. The highest BCUT2D eigenvalue weighted by Crippen LogP contribution is 2.16. The number of nitrogens with one attached hydrogen (secondary N) is 2. The molecule has 2 rings (SSSR count). The predicted molar refractivity (Wildman–Crippen MR) is 83.6 cm³/mol. The first-order valence-electron chi connectivity index (χ1n) is 6.89. The molecule has 0 spiro atoms. The normalized spacial score (nSPS) is 10.7. The van der Waals surface area contributed by atoms with Gasteiger partial charge in [-0.1, -0.05) is 13.8 Å². The Balaban J connectivity index is 2.18. The van der Waals surface area contributed by atoms with E-state index in [0.29, 0.717) is 30.3 Å². The van der Waals surface area contributed by atoms with Crippen molar-refractivity contribution in [2.45, 2.75) is 33.2 Å². The molecule has 21 heavy (non-hydrogen) atoms. The van der Waals surface area contributed by atoms with Crippen LogP contribution in [0.15, 0.2) is 17.8 Å². The molecule has 1 amide bonds. The van der Waals surface area contributed by atoms with E-state index in [-0.39, 0.29) is 11.8 Å². The Bertz CT molecular complexity index is 597. The van der Waals surface area contributed by atoms with Crippen LogP contribution in [0.5, 0.6) is 0 Å². The summed E-state index contributed by atoms with van der Waals surface area (Å²) in [6.45, 7) is 7.08. The van der Waals surface area contributed by atoms with Crippen LogP contribution < -0.4 is 10.6 Å². The monoisotopic (exact) mass is 305 g/mol. The first-order chi connectivity index (χ1) is 10.1. The number of carbonyl (C=O) groups is 1. The highest BCUT2D eigenvalue weighted by Gasteiger charge is 2.16. The quantitative estimate of drug-likeness (QED) is 0.856. The molecule has 0 fully saturated rings. The summed E-state index contributed by atoms with van der Waals surface area (Å²) in [5, 5.41) is 8.71. The van der Waals surface area contributed by atoms with Crippen molar-refractivity contribution in [2.75, 3.05) is 11.9 Å². The summed E-state index contributed by atoms with van der Waals surface area (Å²) in [5.41, 5.74) is 1.03. The topological polar surface area (TPSA) is 79.8 Å². The maximum atomic E-state index is 12.3. The summed E-state index contributed by atoms with van der Waals surface area (Å²) in [7, 11) is 0. The molecule has 2 aromatic heterocycles. The average molecular weight is 305 g/mol. The molecular weight excluding hydrogens is 286 g/mol. The van der Waals surface area contributed by atoms with Gasteiger partial charge in [0.2, 0.25) is 0 Å². The van der Waals surface area contributed by atoms with Gasteiger partial charge in [-0.25, -0.2) is 15.0 Å². The van der Waals surface area contributed by atoms with Crippen LogP contribution in [0.1, 0.15) is 48.0 Å². The van der Waals surface area contributed by atoms with Crippen LogP contribution in [-0.4, -0.2) is 27.4 Å². The lowest BCUT2D eigenvalue weighted by Gasteiger charge is -2.12. The van der Waals surface area contributed by atoms with Crippen LogP contribution in [0.3, 0.4) is 0 Å². The third kappa shape index (κ3) is 3.98. The van der Waals surface area contributed by atoms with Crippen molar-refractivity contribution >= 4 is 22.9 Å². The van der Waals surface area contributed by atoms with Crippen molar-refractivity contribution < 1.29 is 4.79 Å². The van der Waals surface area contributed by atoms with E-state index in [1.54, 1.807) is 12.4 Å². The molecule has 0 bridgehead atoms. The summed E-state index contributed by atoms with van der Waals surface area (Å²) in [4.78, 5) is 25.2. The third-order valence-electron chi connectivity index (χ3n) is 2.79. The Morgan fingerprint density at radius 3 is 2.81 bits per heavy atom. The van der Waals surface area contributed by atoms with E-state index < -0.39 is 0 Å². The molecule has 6 nitrogen and oxygen atoms in total. The van der Waals surface area contributed by atoms with Gasteiger partial charge in [0.25, 0.3) is 5.91 Å². The summed E-state index contributed by atoms with van der Waals surface area (Å²) < 4.78 is 0. The lowest BCUT2D eigenvalue weighted by atomic mass is 10.2. The van der Waals surface area contributed by atoms with E-state index in [1.165, 1.54) is 11.3 Å². The molecule has 0 aromatic carbocycles. The fourth-order valence-corrected chi connectivity index (χ4v) is 2.30. The van der Waals surface area contributed by atoms with E-state index >= 15 is 0 Å². The van der Waals surface area contributed by atoms with Crippen molar-refractivity contribution in [1.82, 2.24) is 20.3 Å². The van der Waals surface area contributed by atoms with Gasteiger partial charge in [0.05, 0.1) is 18.4 Å². The third-order valence-corrected chi connectivity index (χ3v) is 3.57. The minimum atomic E-state index is -0.217. The predicted octanol–water partition coefficient (Wildman–Crippen LogP) is 2.42.